The smallest absolute Gasteiger partial charge is 0.344 e. The van der Waals surface area contributed by atoms with E-state index in [9.17, 15) is 13.2 Å². The lowest BCUT2D eigenvalue weighted by atomic mass is 10.1. The molecule has 2 aromatic carbocycles. The molecule has 0 spiro atoms. The van der Waals surface area contributed by atoms with Crippen LogP contribution in [-0.4, -0.2) is 18.9 Å². The molecule has 0 saturated heterocycles. The fourth-order valence-electron chi connectivity index (χ4n) is 2.09. The molecule has 0 fully saturated rings. The predicted octanol–water partition coefficient (Wildman–Crippen LogP) is 2.60. The molecule has 6 heteroatoms. The van der Waals surface area contributed by atoms with Crippen molar-refractivity contribution in [1.29, 1.82) is 0 Å². The Morgan fingerprint density at radius 2 is 1.71 bits per heavy atom. The molecule has 1 heterocycles. The lowest BCUT2D eigenvalue weighted by Crippen LogP contribution is -2.01. The van der Waals surface area contributed by atoms with Gasteiger partial charge in [-0.05, 0) is 29.8 Å². The number of esters is 1. The molecule has 5 nitrogen and oxygen atoms in total. The van der Waals surface area contributed by atoms with Crippen LogP contribution in [0.5, 0.6) is 0 Å². The number of rotatable bonds is 2. The first-order chi connectivity index (χ1) is 9.95. The van der Waals surface area contributed by atoms with Crippen LogP contribution in [-0.2, 0) is 14.9 Å². The largest absolute Gasteiger partial charge is 0.422 e. The van der Waals surface area contributed by atoms with E-state index in [0.29, 0.717) is 11.3 Å². The number of fused-ring (bicyclic) bond motifs is 1. The summed E-state index contributed by atoms with van der Waals surface area (Å²) in [5, 5.41) is 0. The van der Waals surface area contributed by atoms with E-state index in [2.05, 4.69) is 0 Å². The van der Waals surface area contributed by atoms with Gasteiger partial charge in [0.25, 0.3) is 10.1 Å². The average molecular weight is 302 g/mol. The highest BCUT2D eigenvalue weighted by Crippen LogP contribution is 2.32. The Hall–Kier alpha value is -2.44. The Morgan fingerprint density at radius 3 is 2.38 bits per heavy atom. The normalized spacial score (nSPS) is 15.9. The minimum Gasteiger partial charge on any atom is -0.422 e. The average Bonchev–Trinajstić information content (AvgIpc) is 2.75. The molecule has 0 unspecified atom stereocenters. The molecular formula is C15H10O5S. The number of carbonyl (C=O) groups is 1. The van der Waals surface area contributed by atoms with Gasteiger partial charge in [0.05, 0.1) is 10.5 Å². The molecule has 21 heavy (non-hydrogen) atoms. The first-order valence-electron chi connectivity index (χ1n) is 6.06. The van der Waals surface area contributed by atoms with Gasteiger partial charge in [-0.25, -0.2) is 4.79 Å². The molecule has 3 rings (SSSR count). The maximum Gasteiger partial charge on any atom is 0.344 e. The molecule has 0 aliphatic carbocycles. The van der Waals surface area contributed by atoms with Crippen molar-refractivity contribution < 1.29 is 22.5 Å². The van der Waals surface area contributed by atoms with Crippen LogP contribution in [0.1, 0.15) is 21.5 Å². The van der Waals surface area contributed by atoms with E-state index in [1.165, 1.54) is 12.1 Å². The second-order valence-electron chi connectivity index (χ2n) is 4.49. The number of carbonyl (C=O) groups excluding carboxylic acids is 1. The quantitative estimate of drug-likeness (QED) is 0.681. The Balaban J connectivity index is 2.10. The molecule has 2 aromatic rings. The number of ether oxygens (including phenoxy) is 1. The van der Waals surface area contributed by atoms with Crippen LogP contribution in [0.4, 0.5) is 0 Å². The molecule has 1 aliphatic rings. The maximum absolute atomic E-state index is 11.8. The molecule has 0 saturated carbocycles. The monoisotopic (exact) mass is 302 g/mol. The van der Waals surface area contributed by atoms with Gasteiger partial charge in [-0.3, -0.25) is 4.55 Å². The topological polar surface area (TPSA) is 80.7 Å². The highest BCUT2D eigenvalue weighted by molar-refractivity contribution is 7.85. The van der Waals surface area contributed by atoms with Gasteiger partial charge in [0.1, 0.15) is 5.76 Å². The number of hydrogen-bond donors (Lipinski definition) is 1. The van der Waals surface area contributed by atoms with Crippen LogP contribution in [0.15, 0.2) is 53.4 Å². The van der Waals surface area contributed by atoms with E-state index in [0.717, 1.165) is 11.6 Å². The van der Waals surface area contributed by atoms with E-state index in [1.807, 2.05) is 30.3 Å². The summed E-state index contributed by atoms with van der Waals surface area (Å²) in [5.74, 6) is -0.291. The third-order valence-electron chi connectivity index (χ3n) is 3.07. The third kappa shape index (κ3) is 2.58. The van der Waals surface area contributed by atoms with Crippen LogP contribution in [0.2, 0.25) is 0 Å². The summed E-state index contributed by atoms with van der Waals surface area (Å²) in [5.41, 5.74) is 1.47. The molecule has 0 atom stereocenters. The van der Waals surface area contributed by atoms with Crippen LogP contribution < -0.4 is 0 Å². The van der Waals surface area contributed by atoms with Crippen molar-refractivity contribution in [2.45, 2.75) is 4.90 Å². The fraction of sp³-hybridized carbons (Fsp3) is 0. The molecule has 0 bridgehead atoms. The van der Waals surface area contributed by atoms with Crippen molar-refractivity contribution in [1.82, 2.24) is 0 Å². The van der Waals surface area contributed by atoms with E-state index >= 15 is 0 Å². The number of hydrogen-bond acceptors (Lipinski definition) is 4. The van der Waals surface area contributed by atoms with Crippen molar-refractivity contribution in [3.05, 3.63) is 65.2 Å². The number of cyclic esters (lactones) is 1. The zero-order valence-electron chi connectivity index (χ0n) is 10.7. The summed E-state index contributed by atoms with van der Waals surface area (Å²) < 4.78 is 36.4. The first-order valence-corrected chi connectivity index (χ1v) is 7.50. The molecule has 1 aliphatic heterocycles. The van der Waals surface area contributed by atoms with Gasteiger partial charge in [-0.15, -0.1) is 0 Å². The maximum atomic E-state index is 11.8. The molecule has 0 radical (unpaired) electrons. The first kappa shape index (κ1) is 13.5. The summed E-state index contributed by atoms with van der Waals surface area (Å²) in [6, 6.07) is 13.1. The summed E-state index contributed by atoms with van der Waals surface area (Å²) in [6.07, 6.45) is 1.69. The summed E-state index contributed by atoms with van der Waals surface area (Å²) in [7, 11) is -4.35. The van der Waals surface area contributed by atoms with Gasteiger partial charge in [0.15, 0.2) is 0 Å². The molecule has 1 N–H and O–H groups in total. The zero-order valence-corrected chi connectivity index (χ0v) is 11.5. The molecule has 0 amide bonds. The minimum atomic E-state index is -4.35. The van der Waals surface area contributed by atoms with Gasteiger partial charge in [0, 0.05) is 5.56 Å². The Bertz CT molecular complexity index is 851. The van der Waals surface area contributed by atoms with Crippen LogP contribution in [0.3, 0.4) is 0 Å². The van der Waals surface area contributed by atoms with Gasteiger partial charge in [0.2, 0.25) is 0 Å². The van der Waals surface area contributed by atoms with E-state index < -0.39 is 16.1 Å². The van der Waals surface area contributed by atoms with Crippen LogP contribution in [0, 0.1) is 0 Å². The lowest BCUT2D eigenvalue weighted by molar-refractivity contribution is 0.0717. The van der Waals surface area contributed by atoms with Crippen LogP contribution >= 0.6 is 0 Å². The highest BCUT2D eigenvalue weighted by Gasteiger charge is 2.28. The van der Waals surface area contributed by atoms with Crippen LogP contribution in [0.25, 0.3) is 11.8 Å². The zero-order chi connectivity index (χ0) is 15.0. The molecule has 106 valence electrons. The molecular weight excluding hydrogens is 292 g/mol. The van der Waals surface area contributed by atoms with Crippen molar-refractivity contribution >= 4 is 27.9 Å². The van der Waals surface area contributed by atoms with E-state index in [-0.39, 0.29) is 10.5 Å². The van der Waals surface area contributed by atoms with Gasteiger partial charge in [-0.2, -0.15) is 8.42 Å². The van der Waals surface area contributed by atoms with Gasteiger partial charge < -0.3 is 4.74 Å². The summed E-state index contributed by atoms with van der Waals surface area (Å²) in [4.78, 5) is 11.5. The Labute approximate surface area is 121 Å². The van der Waals surface area contributed by atoms with E-state index in [4.69, 9.17) is 9.29 Å². The SMILES string of the molecule is O=C1O/C(=C\c2ccccc2)c2ccc(S(=O)(=O)O)cc21. The molecule has 0 aromatic heterocycles. The van der Waals surface area contributed by atoms with E-state index in [1.54, 1.807) is 6.08 Å². The minimum absolute atomic E-state index is 0.118. The van der Waals surface area contributed by atoms with Crippen molar-refractivity contribution in [3.63, 3.8) is 0 Å². The summed E-state index contributed by atoms with van der Waals surface area (Å²) >= 11 is 0. The highest BCUT2D eigenvalue weighted by atomic mass is 32.2. The lowest BCUT2D eigenvalue weighted by Gasteiger charge is -2.00. The Kier molecular flexibility index (Phi) is 3.12. The van der Waals surface area contributed by atoms with Crippen molar-refractivity contribution in [2.75, 3.05) is 0 Å². The standard InChI is InChI=1S/C15H10O5S/c16-15-13-9-11(21(17,18)19)6-7-12(13)14(20-15)8-10-4-2-1-3-5-10/h1-9H,(H,17,18,19)/b14-8-. The second-order valence-corrected chi connectivity index (χ2v) is 5.91. The fourth-order valence-corrected chi connectivity index (χ4v) is 2.59. The number of benzene rings is 2. The van der Waals surface area contributed by atoms with Gasteiger partial charge in [-0.1, -0.05) is 30.3 Å². The van der Waals surface area contributed by atoms with Crippen molar-refractivity contribution in [3.8, 4) is 0 Å². The van der Waals surface area contributed by atoms with Gasteiger partial charge >= 0.3 is 5.97 Å². The second kappa shape index (κ2) is 4.83. The predicted molar refractivity (Wildman–Crippen MR) is 76.0 cm³/mol. The van der Waals surface area contributed by atoms with Crippen molar-refractivity contribution in [2.24, 2.45) is 0 Å². The Morgan fingerprint density at radius 1 is 1.00 bits per heavy atom. The third-order valence-corrected chi connectivity index (χ3v) is 3.92. The summed E-state index contributed by atoms with van der Waals surface area (Å²) in [6.45, 7) is 0.